The Morgan fingerprint density at radius 3 is 2.31 bits per heavy atom. The molecule has 0 atom stereocenters. The van der Waals surface area contributed by atoms with Gasteiger partial charge in [0.05, 0.1) is 12.7 Å². The Labute approximate surface area is 157 Å². The van der Waals surface area contributed by atoms with Crippen molar-refractivity contribution in [2.45, 2.75) is 6.42 Å². The number of carbonyl (C=O) groups excluding carboxylic acids is 2. The molecular formula is C19H20ClN3O3. The average molecular weight is 374 g/mol. The molecule has 0 unspecified atom stereocenters. The van der Waals surface area contributed by atoms with Crippen LogP contribution in [0, 0.1) is 0 Å². The number of halogens is 1. The zero-order valence-electron chi connectivity index (χ0n) is 14.5. The highest BCUT2D eigenvalue weighted by Gasteiger charge is 2.25. The van der Waals surface area contributed by atoms with Gasteiger partial charge in [-0.05, 0) is 36.8 Å². The fourth-order valence-electron chi connectivity index (χ4n) is 3.02. The van der Waals surface area contributed by atoms with Crippen molar-refractivity contribution < 1.29 is 14.3 Å². The molecule has 1 aliphatic rings. The van der Waals surface area contributed by atoms with E-state index in [0.717, 1.165) is 0 Å². The maximum atomic E-state index is 12.9. The van der Waals surface area contributed by atoms with Gasteiger partial charge in [0, 0.05) is 49.2 Å². The standard InChI is InChI=1S/C19H20ClN3O3/c1-26-17-4-3-15(20)13-16(17)19(25)23-10-2-9-22(11-12-23)18(24)14-5-7-21-8-6-14/h3-8,13H,2,9-12H2,1H3. The first-order chi connectivity index (χ1) is 12.6. The molecule has 0 saturated carbocycles. The van der Waals surface area contributed by atoms with E-state index in [1.807, 2.05) is 0 Å². The van der Waals surface area contributed by atoms with Crippen molar-refractivity contribution in [1.82, 2.24) is 14.8 Å². The van der Waals surface area contributed by atoms with Gasteiger partial charge in [-0.15, -0.1) is 0 Å². The number of amides is 2. The molecule has 0 aliphatic carbocycles. The van der Waals surface area contributed by atoms with Gasteiger partial charge < -0.3 is 14.5 Å². The SMILES string of the molecule is COc1ccc(Cl)cc1C(=O)N1CCCN(C(=O)c2ccncc2)CC1. The Morgan fingerprint density at radius 1 is 1.00 bits per heavy atom. The van der Waals surface area contributed by atoms with Crippen molar-refractivity contribution in [2.75, 3.05) is 33.3 Å². The predicted octanol–water partition coefficient (Wildman–Crippen LogP) is 2.73. The number of nitrogens with zero attached hydrogens (tertiary/aromatic N) is 3. The van der Waals surface area contributed by atoms with Crippen LogP contribution in [-0.4, -0.2) is 59.9 Å². The third-order valence-electron chi connectivity index (χ3n) is 4.39. The number of pyridine rings is 1. The molecule has 2 aromatic rings. The second-order valence-electron chi connectivity index (χ2n) is 6.02. The van der Waals surface area contributed by atoms with Gasteiger partial charge >= 0.3 is 0 Å². The molecule has 26 heavy (non-hydrogen) atoms. The summed E-state index contributed by atoms with van der Waals surface area (Å²) in [5, 5.41) is 0.485. The first-order valence-corrected chi connectivity index (χ1v) is 8.80. The van der Waals surface area contributed by atoms with E-state index in [-0.39, 0.29) is 11.8 Å². The van der Waals surface area contributed by atoms with E-state index in [0.29, 0.717) is 54.5 Å². The highest BCUT2D eigenvalue weighted by Crippen LogP contribution is 2.24. The molecule has 2 heterocycles. The molecule has 0 spiro atoms. The Kier molecular flexibility index (Phi) is 5.73. The summed E-state index contributed by atoms with van der Waals surface area (Å²) in [5.41, 5.74) is 1.05. The molecule has 1 aromatic carbocycles. The summed E-state index contributed by atoms with van der Waals surface area (Å²) in [4.78, 5) is 33.0. The molecular weight excluding hydrogens is 354 g/mol. The lowest BCUT2D eigenvalue weighted by molar-refractivity contribution is 0.0717. The van der Waals surface area contributed by atoms with Crippen LogP contribution in [0.3, 0.4) is 0 Å². The average Bonchev–Trinajstić information content (AvgIpc) is 2.93. The van der Waals surface area contributed by atoms with Crippen LogP contribution >= 0.6 is 11.6 Å². The van der Waals surface area contributed by atoms with Crippen LogP contribution in [0.25, 0.3) is 0 Å². The monoisotopic (exact) mass is 373 g/mol. The van der Waals surface area contributed by atoms with Crippen molar-refractivity contribution in [1.29, 1.82) is 0 Å². The molecule has 1 aliphatic heterocycles. The minimum Gasteiger partial charge on any atom is -0.496 e. The zero-order chi connectivity index (χ0) is 18.5. The molecule has 3 rings (SSSR count). The fourth-order valence-corrected chi connectivity index (χ4v) is 3.19. The topological polar surface area (TPSA) is 62.7 Å². The van der Waals surface area contributed by atoms with E-state index in [1.165, 1.54) is 7.11 Å². The van der Waals surface area contributed by atoms with Crippen LogP contribution in [-0.2, 0) is 0 Å². The van der Waals surface area contributed by atoms with E-state index < -0.39 is 0 Å². The highest BCUT2D eigenvalue weighted by molar-refractivity contribution is 6.31. The molecule has 0 bridgehead atoms. The lowest BCUT2D eigenvalue weighted by Crippen LogP contribution is -2.37. The van der Waals surface area contributed by atoms with Crippen molar-refractivity contribution in [3.8, 4) is 5.75 Å². The summed E-state index contributed by atoms with van der Waals surface area (Å²) >= 11 is 6.04. The number of hydrogen-bond donors (Lipinski definition) is 0. The summed E-state index contributed by atoms with van der Waals surface area (Å²) in [6, 6.07) is 8.40. The van der Waals surface area contributed by atoms with Crippen LogP contribution in [0.15, 0.2) is 42.7 Å². The second kappa shape index (κ2) is 8.19. The number of rotatable bonds is 3. The van der Waals surface area contributed by atoms with E-state index in [1.54, 1.807) is 52.5 Å². The summed E-state index contributed by atoms with van der Waals surface area (Å²) in [7, 11) is 1.53. The quantitative estimate of drug-likeness (QED) is 0.829. The number of aromatic nitrogens is 1. The molecule has 1 saturated heterocycles. The van der Waals surface area contributed by atoms with E-state index in [9.17, 15) is 9.59 Å². The number of benzene rings is 1. The van der Waals surface area contributed by atoms with Gasteiger partial charge in [0.25, 0.3) is 11.8 Å². The summed E-state index contributed by atoms with van der Waals surface area (Å²) in [6.45, 7) is 2.13. The zero-order valence-corrected chi connectivity index (χ0v) is 15.3. The Balaban J connectivity index is 1.72. The number of ether oxygens (including phenoxy) is 1. The van der Waals surface area contributed by atoms with Gasteiger partial charge in [-0.3, -0.25) is 14.6 Å². The smallest absolute Gasteiger partial charge is 0.257 e. The molecule has 1 fully saturated rings. The third kappa shape index (κ3) is 3.96. The molecule has 136 valence electrons. The predicted molar refractivity (Wildman–Crippen MR) is 98.7 cm³/mol. The third-order valence-corrected chi connectivity index (χ3v) is 4.62. The molecule has 0 radical (unpaired) electrons. The van der Waals surface area contributed by atoms with Gasteiger partial charge in [0.15, 0.2) is 0 Å². The van der Waals surface area contributed by atoms with Crippen molar-refractivity contribution in [3.05, 3.63) is 58.9 Å². The maximum absolute atomic E-state index is 12.9. The lowest BCUT2D eigenvalue weighted by atomic mass is 10.1. The molecule has 7 heteroatoms. The minimum absolute atomic E-state index is 0.0398. The largest absolute Gasteiger partial charge is 0.496 e. The van der Waals surface area contributed by atoms with Crippen molar-refractivity contribution in [3.63, 3.8) is 0 Å². The second-order valence-corrected chi connectivity index (χ2v) is 6.45. The summed E-state index contributed by atoms with van der Waals surface area (Å²) < 4.78 is 5.28. The number of hydrogen-bond acceptors (Lipinski definition) is 4. The molecule has 1 aromatic heterocycles. The molecule has 6 nitrogen and oxygen atoms in total. The van der Waals surface area contributed by atoms with Gasteiger partial charge in [-0.1, -0.05) is 11.6 Å². The van der Waals surface area contributed by atoms with Crippen LogP contribution in [0.2, 0.25) is 5.02 Å². The summed E-state index contributed by atoms with van der Waals surface area (Å²) in [5.74, 6) is 0.318. The van der Waals surface area contributed by atoms with E-state index in [4.69, 9.17) is 16.3 Å². The number of methoxy groups -OCH3 is 1. The van der Waals surface area contributed by atoms with Gasteiger partial charge in [-0.25, -0.2) is 0 Å². The van der Waals surface area contributed by atoms with Crippen LogP contribution < -0.4 is 4.74 Å². The van der Waals surface area contributed by atoms with Crippen LogP contribution in [0.5, 0.6) is 5.75 Å². The lowest BCUT2D eigenvalue weighted by Gasteiger charge is -2.23. The van der Waals surface area contributed by atoms with E-state index in [2.05, 4.69) is 4.98 Å². The van der Waals surface area contributed by atoms with Crippen molar-refractivity contribution in [2.24, 2.45) is 0 Å². The minimum atomic E-state index is -0.137. The van der Waals surface area contributed by atoms with Crippen LogP contribution in [0.1, 0.15) is 27.1 Å². The fraction of sp³-hybridized carbons (Fsp3) is 0.316. The molecule has 0 N–H and O–H groups in total. The molecule has 2 amide bonds. The Hall–Kier alpha value is -2.60. The Bertz CT molecular complexity index is 798. The van der Waals surface area contributed by atoms with Gasteiger partial charge in [0.2, 0.25) is 0 Å². The number of carbonyl (C=O) groups is 2. The normalized spacial score (nSPS) is 14.7. The van der Waals surface area contributed by atoms with Crippen molar-refractivity contribution >= 4 is 23.4 Å². The van der Waals surface area contributed by atoms with Gasteiger partial charge in [-0.2, -0.15) is 0 Å². The maximum Gasteiger partial charge on any atom is 0.257 e. The first-order valence-electron chi connectivity index (χ1n) is 8.42. The summed E-state index contributed by atoms with van der Waals surface area (Å²) in [6.07, 6.45) is 3.92. The Morgan fingerprint density at radius 2 is 1.65 bits per heavy atom. The van der Waals surface area contributed by atoms with Gasteiger partial charge in [0.1, 0.15) is 5.75 Å². The first kappa shape index (κ1) is 18.2. The van der Waals surface area contributed by atoms with Crippen LogP contribution in [0.4, 0.5) is 0 Å². The highest BCUT2D eigenvalue weighted by atomic mass is 35.5. The van der Waals surface area contributed by atoms with E-state index >= 15 is 0 Å².